The topological polar surface area (TPSA) is 184 Å². The van der Waals surface area contributed by atoms with E-state index in [1.54, 1.807) is 28.5 Å². The summed E-state index contributed by atoms with van der Waals surface area (Å²) in [6.45, 7) is 12.9. The van der Waals surface area contributed by atoms with Crippen LogP contribution in [0.25, 0.3) is 27.0 Å². The number of amides is 2. The number of nitrogens with one attached hydrogen (secondary N) is 1. The van der Waals surface area contributed by atoms with Gasteiger partial charge < -0.3 is 30.8 Å². The largest absolute Gasteiger partial charge is 0.391 e. The van der Waals surface area contributed by atoms with Gasteiger partial charge in [0, 0.05) is 51.3 Å². The number of β-amino-alcohol motifs (C(OH)–C–C–N with tert-alkyl or cyclic N) is 1. The minimum Gasteiger partial charge on any atom is -0.391 e. The van der Waals surface area contributed by atoms with Gasteiger partial charge in [0.15, 0.2) is 0 Å². The second-order valence-electron chi connectivity index (χ2n) is 23.3. The highest BCUT2D eigenvalue weighted by molar-refractivity contribution is 7.13. The number of nitrogens with zero attached hydrogens (tertiary/aromatic N) is 8. The van der Waals surface area contributed by atoms with Crippen molar-refractivity contribution >= 4 is 57.6 Å². The summed E-state index contributed by atoms with van der Waals surface area (Å²) in [6.07, 6.45) is 12.3. The molecule has 0 spiro atoms. The number of rotatable bonds is 14. The molecule has 17 heteroatoms. The van der Waals surface area contributed by atoms with Crippen molar-refractivity contribution in [2.75, 3.05) is 59.0 Å². The van der Waals surface area contributed by atoms with Crippen molar-refractivity contribution in [1.29, 1.82) is 0 Å². The van der Waals surface area contributed by atoms with Crippen molar-refractivity contribution in [2.45, 2.75) is 133 Å². The van der Waals surface area contributed by atoms with Crippen LogP contribution in [0.2, 0.25) is 5.02 Å². The first-order valence-electron chi connectivity index (χ1n) is 28.3. The van der Waals surface area contributed by atoms with E-state index in [9.17, 15) is 19.5 Å². The molecule has 0 bridgehead atoms. The number of piperidine rings is 1. The average molecular weight is 1080 g/mol. The first-order valence-corrected chi connectivity index (χ1v) is 29.6. The highest BCUT2D eigenvalue weighted by Crippen LogP contribution is 2.45. The number of aliphatic imine (C=N–C) groups is 1. The summed E-state index contributed by atoms with van der Waals surface area (Å²) >= 11 is 8.18. The number of carbonyl (C=O) groups excluding carboxylic acids is 2. The van der Waals surface area contributed by atoms with E-state index in [1.807, 2.05) is 24.6 Å². The van der Waals surface area contributed by atoms with E-state index in [4.69, 9.17) is 27.2 Å². The van der Waals surface area contributed by atoms with Crippen LogP contribution < -0.4 is 16.7 Å². The predicted octanol–water partition coefficient (Wildman–Crippen LogP) is 8.58. The maximum atomic E-state index is 14.9. The van der Waals surface area contributed by atoms with E-state index < -0.39 is 23.6 Å². The molecule has 4 N–H and O–H groups in total. The lowest BCUT2D eigenvalue weighted by Gasteiger charge is -2.37. The van der Waals surface area contributed by atoms with Crippen LogP contribution in [0.5, 0.6) is 0 Å². The highest BCUT2D eigenvalue weighted by atomic mass is 35.5. The smallest absolute Gasteiger partial charge is 0.282 e. The number of carbonyl (C=O) groups is 2. The van der Waals surface area contributed by atoms with E-state index in [2.05, 4.69) is 91.1 Å². The first kappa shape index (κ1) is 53.6. The maximum Gasteiger partial charge on any atom is 0.282 e. The third kappa shape index (κ3) is 11.2. The number of aliphatic hydroxyl groups excluding tert-OH is 1. The van der Waals surface area contributed by atoms with E-state index in [1.165, 1.54) is 11.1 Å². The number of nitrogens with two attached hydrogens (primary N) is 1. The van der Waals surface area contributed by atoms with Crippen LogP contribution in [0.3, 0.4) is 0 Å². The van der Waals surface area contributed by atoms with Gasteiger partial charge in [0.2, 0.25) is 11.8 Å². The summed E-state index contributed by atoms with van der Waals surface area (Å²) in [4.78, 5) is 64.5. The Kier molecular flexibility index (Phi) is 16.1. The molecule has 0 radical (unpaired) electrons. The summed E-state index contributed by atoms with van der Waals surface area (Å²) in [6, 6.07) is 19.0. The highest BCUT2D eigenvalue weighted by Gasteiger charge is 2.44. The number of hydrogen-bond acceptors (Lipinski definition) is 13. The quantitative estimate of drug-likeness (QED) is 0.0553. The minimum absolute atomic E-state index is 0.0264. The third-order valence-electron chi connectivity index (χ3n) is 18.1. The van der Waals surface area contributed by atoms with Crippen molar-refractivity contribution in [3.63, 3.8) is 0 Å². The Morgan fingerprint density at radius 2 is 1.71 bits per heavy atom. The van der Waals surface area contributed by atoms with Crippen LogP contribution in [0.4, 0.5) is 0 Å². The number of hydrazone groups is 1. The summed E-state index contributed by atoms with van der Waals surface area (Å²) in [5.41, 5.74) is 9.34. The van der Waals surface area contributed by atoms with Crippen LogP contribution in [0, 0.1) is 24.7 Å². The zero-order valence-electron chi connectivity index (χ0n) is 44.9. The second-order valence-corrected chi connectivity index (χ2v) is 24.6. The van der Waals surface area contributed by atoms with Crippen molar-refractivity contribution in [3.05, 3.63) is 110 Å². The van der Waals surface area contributed by atoms with E-state index in [-0.39, 0.29) is 48.2 Å². The molecule has 0 unspecified atom stereocenters. The minimum atomic E-state index is -0.827. The summed E-state index contributed by atoms with van der Waals surface area (Å²) < 4.78 is 7.80. The van der Waals surface area contributed by atoms with Gasteiger partial charge in [0.05, 0.1) is 74.2 Å². The van der Waals surface area contributed by atoms with Gasteiger partial charge in [0.25, 0.3) is 5.56 Å². The molecule has 6 heterocycles. The molecular formula is C60H75ClN10O5S. The zero-order valence-corrected chi connectivity index (χ0v) is 46.5. The van der Waals surface area contributed by atoms with E-state index in [0.717, 1.165) is 148 Å². The number of ether oxygens (including phenoxy) is 1. The molecule has 408 valence electrons. The Labute approximate surface area is 461 Å². The number of hydrogen-bond donors (Lipinski definition) is 3. The van der Waals surface area contributed by atoms with E-state index >= 15 is 0 Å². The first-order chi connectivity index (χ1) is 37.3. The molecule has 4 aliphatic heterocycles. The summed E-state index contributed by atoms with van der Waals surface area (Å²) in [5.74, 6) is 7.65. The molecule has 4 atom stereocenters. The van der Waals surface area contributed by atoms with Gasteiger partial charge in [-0.15, -0.1) is 11.3 Å². The van der Waals surface area contributed by atoms with Crippen LogP contribution in [0.1, 0.15) is 131 Å². The number of aromatic nitrogens is 3. The van der Waals surface area contributed by atoms with Gasteiger partial charge in [-0.25, -0.2) is 4.98 Å². The lowest BCUT2D eigenvalue weighted by atomic mass is 9.79. The molecule has 2 amide bonds. The molecule has 77 heavy (non-hydrogen) atoms. The number of benzene rings is 3. The third-order valence-corrected chi connectivity index (χ3v) is 19.4. The van der Waals surface area contributed by atoms with Crippen molar-refractivity contribution in [3.8, 4) is 16.1 Å². The molecular weight excluding hydrogens is 1010 g/mol. The van der Waals surface area contributed by atoms with Gasteiger partial charge in [-0.2, -0.15) is 10.1 Å². The van der Waals surface area contributed by atoms with Crippen LogP contribution in [-0.4, -0.2) is 135 Å². The Bertz CT molecular complexity index is 3060. The van der Waals surface area contributed by atoms with E-state index in [0.29, 0.717) is 42.0 Å². The van der Waals surface area contributed by atoms with Crippen molar-refractivity contribution in [2.24, 2.45) is 33.7 Å². The molecule has 3 saturated heterocycles. The molecule has 6 aliphatic rings. The molecule has 11 rings (SSSR count). The SMILES string of the molecule is Cc1ncsc1-c1ccc([C@H](CN2CCOCC2)NC(=O)[C@@H]2C[C@@H](O)CN2C(=O)[C@@H](N=CC(=NN)C2CCC(CN3CCC(c4ccc5c(c4)-n4c(nc(=O)c6c(Cl)cccc64)C5(C)C)CC3)CC2)C2CCCCC2)cc1. The number of fused-ring (bicyclic) bond motifs is 5. The lowest BCUT2D eigenvalue weighted by molar-refractivity contribution is -0.141. The fraction of sp³-hybridized carbons (Fsp3) is 0.550. The van der Waals surface area contributed by atoms with Gasteiger partial charge in [-0.05, 0) is 143 Å². The normalized spacial score (nSPS) is 24.5. The summed E-state index contributed by atoms with van der Waals surface area (Å²) in [7, 11) is 0. The number of aryl methyl sites for hydroxylation is 1. The van der Waals surface area contributed by atoms with Gasteiger partial charge >= 0.3 is 0 Å². The van der Waals surface area contributed by atoms with Gasteiger partial charge in [0.1, 0.15) is 17.9 Å². The van der Waals surface area contributed by atoms with Crippen LogP contribution in [0.15, 0.2) is 81.1 Å². The molecule has 2 aliphatic carbocycles. The fourth-order valence-electron chi connectivity index (χ4n) is 13.7. The molecule has 5 aromatic rings. The summed E-state index contributed by atoms with van der Waals surface area (Å²) in [5, 5.41) is 19.7. The Morgan fingerprint density at radius 1 is 0.961 bits per heavy atom. The molecule has 3 aromatic carbocycles. The molecule has 15 nitrogen and oxygen atoms in total. The standard InChI is InChI=1S/C60H75ClN10O5S/c1-37-55(77-36-64-37)43-18-16-41(17-19-43)49(35-69-26-28-76-29-27-69)65-56(73)52-31-45(72)34-70(52)58(75)54(42-8-5-4-6-9-42)63-32-48(67-62)40-14-12-38(13-15-40)33-68-24-22-39(23-25-68)44-20-21-46-51(30-44)71-50-11-7-10-47(61)53(50)57(74)66-59(71)60(46,2)3/h7,10-11,16-21,30,32,36,38-40,42,45,49,52,54,72H,4-6,8-9,12-15,22-29,31,33-35,62H2,1-3H3,(H,65,73)/t38?,40?,45-,49+,52+,54+/m1/s1. The molecule has 2 saturated carbocycles. The maximum absolute atomic E-state index is 14.9. The average Bonchev–Trinajstić information content (AvgIpc) is 4.20. The molecule has 5 fully saturated rings. The zero-order chi connectivity index (χ0) is 53.4. The second kappa shape index (κ2) is 23.2. The van der Waals surface area contributed by atoms with Crippen LogP contribution in [-0.2, 0) is 19.7 Å². The Morgan fingerprint density at radius 3 is 2.43 bits per heavy atom. The fourth-order valence-corrected chi connectivity index (χ4v) is 14.7. The number of thiazole rings is 1. The van der Waals surface area contributed by atoms with Gasteiger partial charge in [-0.1, -0.05) is 73.3 Å². The van der Waals surface area contributed by atoms with Crippen molar-refractivity contribution < 1.29 is 19.4 Å². The monoisotopic (exact) mass is 1080 g/mol. The lowest BCUT2D eigenvalue weighted by Crippen LogP contribution is -2.52. The van der Waals surface area contributed by atoms with Crippen LogP contribution >= 0.6 is 22.9 Å². The molecule has 2 aromatic heterocycles. The number of halogens is 1. The Hall–Kier alpha value is -5.36. The Balaban J connectivity index is 0.716. The van der Waals surface area contributed by atoms with Crippen molar-refractivity contribution in [1.82, 2.24) is 34.6 Å². The predicted molar refractivity (Wildman–Crippen MR) is 305 cm³/mol. The number of likely N-dealkylation sites (tertiary alicyclic amines) is 2. The number of aliphatic hydroxyl groups is 1. The number of morpholine rings is 1. The van der Waals surface area contributed by atoms with Gasteiger partial charge in [-0.3, -0.25) is 28.8 Å².